The lowest BCUT2D eigenvalue weighted by Crippen LogP contribution is -2.60. The van der Waals surface area contributed by atoms with Crippen LogP contribution in [-0.4, -0.2) is 44.3 Å². The van der Waals surface area contributed by atoms with Crippen LogP contribution in [0.3, 0.4) is 0 Å². The number of anilines is 1. The van der Waals surface area contributed by atoms with E-state index in [1.54, 1.807) is 6.20 Å². The molecule has 32 heavy (non-hydrogen) atoms. The largest absolute Gasteiger partial charge is 0.444 e. The van der Waals surface area contributed by atoms with Gasteiger partial charge in [-0.15, -0.1) is 0 Å². The van der Waals surface area contributed by atoms with Crippen molar-refractivity contribution in [3.05, 3.63) is 48.4 Å². The van der Waals surface area contributed by atoms with Crippen LogP contribution in [0.2, 0.25) is 0 Å². The van der Waals surface area contributed by atoms with Crippen LogP contribution in [0, 0.1) is 5.41 Å². The van der Waals surface area contributed by atoms with Gasteiger partial charge >= 0.3 is 6.09 Å². The lowest BCUT2D eigenvalue weighted by molar-refractivity contribution is -0.0505. The molecule has 2 aliphatic rings. The Hall–Kier alpha value is -3.09. The van der Waals surface area contributed by atoms with E-state index in [-0.39, 0.29) is 11.5 Å². The summed E-state index contributed by atoms with van der Waals surface area (Å²) in [6.07, 6.45) is 10.0. The summed E-state index contributed by atoms with van der Waals surface area (Å²) in [6.45, 7) is 7.37. The second-order valence-corrected chi connectivity index (χ2v) is 10.4. The zero-order valence-corrected chi connectivity index (χ0v) is 19.0. The van der Waals surface area contributed by atoms with Crippen LogP contribution in [0.4, 0.5) is 10.5 Å². The predicted molar refractivity (Wildman–Crippen MR) is 124 cm³/mol. The molecule has 168 valence electrons. The third-order valence-electron chi connectivity index (χ3n) is 6.82. The molecule has 1 saturated heterocycles. The zero-order valence-electron chi connectivity index (χ0n) is 19.0. The van der Waals surface area contributed by atoms with Gasteiger partial charge in [0, 0.05) is 35.8 Å². The number of ether oxygens (including phenoxy) is 1. The molecule has 2 fully saturated rings. The van der Waals surface area contributed by atoms with Crippen LogP contribution < -0.4 is 5.73 Å². The number of hydrogen-bond donors (Lipinski definition) is 1. The predicted octanol–water partition coefficient (Wildman–Crippen LogP) is 4.87. The van der Waals surface area contributed by atoms with Crippen LogP contribution in [-0.2, 0) is 4.74 Å². The highest BCUT2D eigenvalue weighted by Crippen LogP contribution is 2.49. The fourth-order valence-corrected chi connectivity index (χ4v) is 5.13. The average molecular weight is 434 g/mol. The topological polar surface area (TPSA) is 85.8 Å². The summed E-state index contributed by atoms with van der Waals surface area (Å²) >= 11 is 0. The molecule has 0 bridgehead atoms. The first-order valence-electron chi connectivity index (χ1n) is 11.4. The molecule has 1 spiro atoms. The zero-order chi connectivity index (χ0) is 22.5. The van der Waals surface area contributed by atoms with Crippen molar-refractivity contribution >= 4 is 17.3 Å². The van der Waals surface area contributed by atoms with E-state index in [0.717, 1.165) is 55.5 Å². The van der Waals surface area contributed by atoms with E-state index in [1.165, 1.54) is 5.56 Å². The van der Waals surface area contributed by atoms with Crippen molar-refractivity contribution in [2.75, 3.05) is 18.8 Å². The van der Waals surface area contributed by atoms with Crippen LogP contribution in [0.25, 0.3) is 16.8 Å². The highest BCUT2D eigenvalue weighted by atomic mass is 16.6. The molecular weight excluding hydrogens is 402 g/mol. The standard InChI is InChI=1S/C25H31N5O2/c1-24(2,3)32-23(31)29-15-25(16-29)9-6-17(7-10-25)20-14-28-30-11-8-18(12-22(20)30)21-5-4-19(26)13-27-21/h4-5,8,11-14,17H,6-7,9-10,15-16,26H2,1-3H3. The third kappa shape index (κ3) is 3.92. The maximum atomic E-state index is 12.3. The first-order valence-corrected chi connectivity index (χ1v) is 11.4. The summed E-state index contributed by atoms with van der Waals surface area (Å²) in [5, 5.41) is 4.59. The lowest BCUT2D eigenvalue weighted by Gasteiger charge is -2.53. The molecule has 3 aromatic heterocycles. The van der Waals surface area contributed by atoms with Gasteiger partial charge in [-0.05, 0) is 76.6 Å². The van der Waals surface area contributed by atoms with Gasteiger partial charge in [0.1, 0.15) is 5.60 Å². The van der Waals surface area contributed by atoms with Gasteiger partial charge in [0.05, 0.1) is 29.3 Å². The van der Waals surface area contributed by atoms with E-state index >= 15 is 0 Å². The number of hydrogen-bond acceptors (Lipinski definition) is 5. The van der Waals surface area contributed by atoms with E-state index < -0.39 is 5.60 Å². The number of nitrogen functional groups attached to an aromatic ring is 1. The minimum absolute atomic E-state index is 0.184. The van der Waals surface area contributed by atoms with Crippen molar-refractivity contribution < 1.29 is 9.53 Å². The Morgan fingerprint density at radius 1 is 1.16 bits per heavy atom. The number of carbonyl (C=O) groups excluding carboxylic acids is 1. The summed E-state index contributed by atoms with van der Waals surface area (Å²) in [4.78, 5) is 18.6. The maximum absolute atomic E-state index is 12.3. The molecule has 7 heteroatoms. The van der Waals surface area contributed by atoms with Gasteiger partial charge in [-0.3, -0.25) is 4.98 Å². The van der Waals surface area contributed by atoms with Crippen molar-refractivity contribution in [1.29, 1.82) is 0 Å². The number of nitrogens with two attached hydrogens (primary N) is 1. The van der Waals surface area contributed by atoms with E-state index in [0.29, 0.717) is 11.6 Å². The smallest absolute Gasteiger partial charge is 0.410 e. The Kier molecular flexibility index (Phi) is 4.87. The average Bonchev–Trinajstić information content (AvgIpc) is 3.14. The molecule has 0 aromatic carbocycles. The molecule has 3 aromatic rings. The minimum atomic E-state index is -0.443. The van der Waals surface area contributed by atoms with Crippen molar-refractivity contribution in [2.45, 2.75) is 58.0 Å². The number of pyridine rings is 2. The molecule has 7 nitrogen and oxygen atoms in total. The Morgan fingerprint density at radius 2 is 1.91 bits per heavy atom. The van der Waals surface area contributed by atoms with Gasteiger partial charge in [-0.25, -0.2) is 9.31 Å². The molecule has 0 radical (unpaired) electrons. The van der Waals surface area contributed by atoms with Gasteiger partial charge in [0.2, 0.25) is 0 Å². The number of amides is 1. The number of aromatic nitrogens is 3. The molecule has 1 saturated carbocycles. The van der Waals surface area contributed by atoms with Crippen molar-refractivity contribution in [2.24, 2.45) is 5.41 Å². The molecule has 0 unspecified atom stereocenters. The molecule has 5 rings (SSSR count). The second-order valence-electron chi connectivity index (χ2n) is 10.4. The summed E-state index contributed by atoms with van der Waals surface area (Å²) in [5.74, 6) is 0.489. The van der Waals surface area contributed by atoms with Crippen LogP contribution >= 0.6 is 0 Å². The van der Waals surface area contributed by atoms with Gasteiger partial charge in [-0.1, -0.05) is 0 Å². The first-order chi connectivity index (χ1) is 15.2. The van der Waals surface area contributed by atoms with E-state index in [1.807, 2.05) is 60.8 Å². The molecule has 1 aliphatic carbocycles. The molecule has 1 amide bonds. The Bertz CT molecular complexity index is 1130. The number of rotatable bonds is 2. The second kappa shape index (κ2) is 7.50. The Balaban J connectivity index is 1.27. The highest BCUT2D eigenvalue weighted by molar-refractivity contribution is 5.70. The van der Waals surface area contributed by atoms with Crippen molar-refractivity contribution in [3.8, 4) is 11.3 Å². The minimum Gasteiger partial charge on any atom is -0.444 e. The molecule has 4 heterocycles. The van der Waals surface area contributed by atoms with Crippen molar-refractivity contribution in [1.82, 2.24) is 19.5 Å². The normalized spacial score (nSPS) is 18.7. The summed E-state index contributed by atoms with van der Waals surface area (Å²) in [5.41, 5.74) is 10.7. The summed E-state index contributed by atoms with van der Waals surface area (Å²) in [6, 6.07) is 8.05. The number of carbonyl (C=O) groups is 1. The van der Waals surface area contributed by atoms with Crippen molar-refractivity contribution in [3.63, 3.8) is 0 Å². The summed E-state index contributed by atoms with van der Waals surface area (Å²) < 4.78 is 7.47. The van der Waals surface area contributed by atoms with E-state index in [2.05, 4.69) is 16.1 Å². The van der Waals surface area contributed by atoms with Gasteiger partial charge in [-0.2, -0.15) is 5.10 Å². The Labute approximate surface area is 188 Å². The Morgan fingerprint density at radius 3 is 2.56 bits per heavy atom. The van der Waals surface area contributed by atoms with Crippen LogP contribution in [0.5, 0.6) is 0 Å². The maximum Gasteiger partial charge on any atom is 0.410 e. The number of fused-ring (bicyclic) bond motifs is 1. The van der Waals surface area contributed by atoms with Gasteiger partial charge < -0.3 is 15.4 Å². The first kappa shape index (κ1) is 20.8. The third-order valence-corrected chi connectivity index (χ3v) is 6.82. The monoisotopic (exact) mass is 433 g/mol. The van der Waals surface area contributed by atoms with Crippen LogP contribution in [0.1, 0.15) is 57.9 Å². The number of likely N-dealkylation sites (tertiary alicyclic amines) is 1. The molecule has 0 atom stereocenters. The van der Waals surface area contributed by atoms with Crippen LogP contribution in [0.15, 0.2) is 42.9 Å². The quantitative estimate of drug-likeness (QED) is 0.623. The molecule has 2 N–H and O–H groups in total. The SMILES string of the molecule is CC(C)(C)OC(=O)N1CC2(CCC(c3cnn4ccc(-c5ccc(N)cn5)cc34)CC2)C1. The number of nitrogens with zero attached hydrogens (tertiary/aromatic N) is 4. The fourth-order valence-electron chi connectivity index (χ4n) is 5.13. The molecular formula is C25H31N5O2. The van der Waals surface area contributed by atoms with E-state index in [4.69, 9.17) is 10.5 Å². The fraction of sp³-hybridized carbons (Fsp3) is 0.480. The highest BCUT2D eigenvalue weighted by Gasteiger charge is 2.48. The molecule has 1 aliphatic heterocycles. The van der Waals surface area contributed by atoms with Gasteiger partial charge in [0.25, 0.3) is 0 Å². The lowest BCUT2D eigenvalue weighted by atomic mass is 9.65. The van der Waals surface area contributed by atoms with E-state index in [9.17, 15) is 4.79 Å². The summed E-state index contributed by atoms with van der Waals surface area (Å²) in [7, 11) is 0. The van der Waals surface area contributed by atoms with Gasteiger partial charge in [0.15, 0.2) is 0 Å².